The first-order valence-electron chi connectivity index (χ1n) is 7.00. The lowest BCUT2D eigenvalue weighted by atomic mass is 10.1. The first-order chi connectivity index (χ1) is 10.0. The molecule has 0 fully saturated rings. The highest BCUT2D eigenvalue weighted by molar-refractivity contribution is 5.69. The Balaban J connectivity index is 2.32. The van der Waals surface area contributed by atoms with Crippen LogP contribution in [0.4, 0.5) is 0 Å². The zero-order chi connectivity index (χ0) is 15.1. The molecule has 2 aromatic heterocycles. The van der Waals surface area contributed by atoms with Gasteiger partial charge in [0.25, 0.3) is 0 Å². The molecule has 1 aromatic carbocycles. The van der Waals surface area contributed by atoms with Crippen LogP contribution < -0.4 is 4.74 Å². The summed E-state index contributed by atoms with van der Waals surface area (Å²) in [5, 5.41) is 4.62. The van der Waals surface area contributed by atoms with E-state index in [1.54, 1.807) is 7.11 Å². The van der Waals surface area contributed by atoms with Crippen LogP contribution >= 0.6 is 0 Å². The van der Waals surface area contributed by atoms with Crippen molar-refractivity contribution in [1.82, 2.24) is 14.6 Å². The molecule has 0 aliphatic carbocycles. The number of methoxy groups -OCH3 is 1. The van der Waals surface area contributed by atoms with Crippen molar-refractivity contribution in [3.8, 4) is 17.0 Å². The lowest BCUT2D eigenvalue weighted by molar-refractivity contribution is 0.412. The molecular weight excluding hydrogens is 262 g/mol. The molecule has 0 bridgehead atoms. The molecule has 0 radical (unpaired) electrons. The number of aromatic nitrogens is 3. The first kappa shape index (κ1) is 13.6. The van der Waals surface area contributed by atoms with E-state index in [4.69, 9.17) is 4.74 Å². The van der Waals surface area contributed by atoms with Crippen LogP contribution in [0.2, 0.25) is 0 Å². The number of hydrogen-bond acceptors (Lipinski definition) is 3. The van der Waals surface area contributed by atoms with Crippen molar-refractivity contribution >= 4 is 5.65 Å². The predicted octanol–water partition coefficient (Wildman–Crippen LogP) is 3.64. The van der Waals surface area contributed by atoms with E-state index in [1.165, 1.54) is 0 Å². The smallest absolute Gasteiger partial charge is 0.157 e. The molecule has 0 saturated heterocycles. The minimum atomic E-state index is 0.881. The van der Waals surface area contributed by atoms with Gasteiger partial charge in [-0.25, -0.2) is 9.50 Å². The number of aryl methyl sites for hydroxylation is 4. The zero-order valence-electron chi connectivity index (χ0n) is 13.1. The molecule has 0 aliphatic heterocycles. The van der Waals surface area contributed by atoms with Gasteiger partial charge in [0.15, 0.2) is 5.65 Å². The van der Waals surface area contributed by atoms with Crippen LogP contribution in [0.15, 0.2) is 24.3 Å². The molecule has 0 N–H and O–H groups in total. The molecule has 21 heavy (non-hydrogen) atoms. The summed E-state index contributed by atoms with van der Waals surface area (Å²) in [7, 11) is 1.69. The van der Waals surface area contributed by atoms with Gasteiger partial charge in [-0.2, -0.15) is 5.10 Å². The van der Waals surface area contributed by atoms with E-state index in [1.807, 2.05) is 31.4 Å². The Morgan fingerprint density at radius 2 is 1.76 bits per heavy atom. The molecule has 3 aromatic rings. The number of benzene rings is 1. The summed E-state index contributed by atoms with van der Waals surface area (Å²) in [6.07, 6.45) is 0. The second kappa shape index (κ2) is 4.88. The molecule has 0 saturated carbocycles. The maximum absolute atomic E-state index is 5.43. The van der Waals surface area contributed by atoms with E-state index in [2.05, 4.69) is 35.2 Å². The van der Waals surface area contributed by atoms with Gasteiger partial charge in [0.2, 0.25) is 0 Å². The topological polar surface area (TPSA) is 39.4 Å². The fourth-order valence-corrected chi connectivity index (χ4v) is 2.73. The van der Waals surface area contributed by atoms with Crippen molar-refractivity contribution in [2.75, 3.05) is 7.11 Å². The molecule has 3 rings (SSSR count). The number of rotatable bonds is 2. The van der Waals surface area contributed by atoms with Gasteiger partial charge in [-0.05, 0) is 51.0 Å². The predicted molar refractivity (Wildman–Crippen MR) is 83.9 cm³/mol. The highest BCUT2D eigenvalue weighted by Crippen LogP contribution is 2.30. The average molecular weight is 281 g/mol. The van der Waals surface area contributed by atoms with Crippen LogP contribution in [0.3, 0.4) is 0 Å². The van der Waals surface area contributed by atoms with E-state index >= 15 is 0 Å². The highest BCUT2D eigenvalue weighted by atomic mass is 16.5. The summed E-state index contributed by atoms with van der Waals surface area (Å²) in [4.78, 5) is 4.67. The van der Waals surface area contributed by atoms with Crippen LogP contribution in [0, 0.1) is 27.7 Å². The fourth-order valence-electron chi connectivity index (χ4n) is 2.73. The van der Waals surface area contributed by atoms with Crippen molar-refractivity contribution in [2.45, 2.75) is 27.7 Å². The van der Waals surface area contributed by atoms with Gasteiger partial charge in [-0.1, -0.05) is 12.1 Å². The lowest BCUT2D eigenvalue weighted by Gasteiger charge is -2.09. The Hall–Kier alpha value is -2.36. The van der Waals surface area contributed by atoms with E-state index in [0.29, 0.717) is 0 Å². The van der Waals surface area contributed by atoms with Gasteiger partial charge in [-0.3, -0.25) is 0 Å². The van der Waals surface area contributed by atoms with Gasteiger partial charge >= 0.3 is 0 Å². The number of hydrogen-bond donors (Lipinski definition) is 0. The Kier molecular flexibility index (Phi) is 3.16. The molecule has 4 heteroatoms. The number of imidazole rings is 1. The standard InChI is InChI=1S/C17H19N3O/c1-10-6-7-14(9-15(10)21-5)16-13(4)18-17-11(2)8-12(3)19-20(16)17/h6-9H,1-5H3. The summed E-state index contributed by atoms with van der Waals surface area (Å²) >= 11 is 0. The lowest BCUT2D eigenvalue weighted by Crippen LogP contribution is -1.99. The summed E-state index contributed by atoms with van der Waals surface area (Å²) < 4.78 is 7.37. The van der Waals surface area contributed by atoms with Crippen LogP contribution in [-0.4, -0.2) is 21.7 Å². The van der Waals surface area contributed by atoms with Crippen LogP contribution in [0.25, 0.3) is 16.9 Å². The van der Waals surface area contributed by atoms with Crippen LogP contribution in [-0.2, 0) is 0 Å². The minimum Gasteiger partial charge on any atom is -0.496 e. The van der Waals surface area contributed by atoms with Crippen molar-refractivity contribution in [2.24, 2.45) is 0 Å². The SMILES string of the molecule is COc1cc(-c2c(C)nc3c(C)cc(C)nn23)ccc1C. The van der Waals surface area contributed by atoms with E-state index in [0.717, 1.165) is 45.2 Å². The Morgan fingerprint density at radius 1 is 1.00 bits per heavy atom. The number of nitrogens with zero attached hydrogens (tertiary/aromatic N) is 3. The molecule has 2 heterocycles. The minimum absolute atomic E-state index is 0.881. The van der Waals surface area contributed by atoms with Crippen molar-refractivity contribution < 1.29 is 4.74 Å². The van der Waals surface area contributed by atoms with Crippen molar-refractivity contribution in [1.29, 1.82) is 0 Å². The molecule has 0 aliphatic rings. The van der Waals surface area contributed by atoms with Crippen molar-refractivity contribution in [3.05, 3.63) is 46.8 Å². The summed E-state index contributed by atoms with van der Waals surface area (Å²) in [5.74, 6) is 0.881. The quantitative estimate of drug-likeness (QED) is 0.720. The molecule has 0 amide bonds. The molecular formula is C17H19N3O. The monoisotopic (exact) mass is 281 g/mol. The fraction of sp³-hybridized carbons (Fsp3) is 0.294. The molecule has 4 nitrogen and oxygen atoms in total. The van der Waals surface area contributed by atoms with Crippen molar-refractivity contribution in [3.63, 3.8) is 0 Å². The first-order valence-corrected chi connectivity index (χ1v) is 7.00. The largest absolute Gasteiger partial charge is 0.496 e. The van der Waals surface area contributed by atoms with E-state index < -0.39 is 0 Å². The van der Waals surface area contributed by atoms with Crippen LogP contribution in [0.5, 0.6) is 5.75 Å². The zero-order valence-corrected chi connectivity index (χ0v) is 13.1. The summed E-state index contributed by atoms with van der Waals surface area (Å²) in [5.41, 5.74) is 7.21. The van der Waals surface area contributed by atoms with E-state index in [-0.39, 0.29) is 0 Å². The normalized spacial score (nSPS) is 11.1. The number of ether oxygens (including phenoxy) is 1. The maximum atomic E-state index is 5.43. The third kappa shape index (κ3) is 2.17. The van der Waals surface area contributed by atoms with Gasteiger partial charge < -0.3 is 4.74 Å². The van der Waals surface area contributed by atoms with Gasteiger partial charge in [0, 0.05) is 5.56 Å². The second-order valence-electron chi connectivity index (χ2n) is 5.43. The van der Waals surface area contributed by atoms with Crippen LogP contribution in [0.1, 0.15) is 22.5 Å². The Bertz CT molecular complexity index is 834. The van der Waals surface area contributed by atoms with E-state index in [9.17, 15) is 0 Å². The number of fused-ring (bicyclic) bond motifs is 1. The Morgan fingerprint density at radius 3 is 2.48 bits per heavy atom. The highest BCUT2D eigenvalue weighted by Gasteiger charge is 2.15. The third-order valence-corrected chi connectivity index (χ3v) is 3.75. The maximum Gasteiger partial charge on any atom is 0.157 e. The second-order valence-corrected chi connectivity index (χ2v) is 5.43. The molecule has 108 valence electrons. The molecule has 0 spiro atoms. The average Bonchev–Trinajstić information content (AvgIpc) is 2.76. The van der Waals surface area contributed by atoms with Gasteiger partial charge in [0.1, 0.15) is 5.75 Å². The van der Waals surface area contributed by atoms with Gasteiger partial charge in [-0.15, -0.1) is 0 Å². The summed E-state index contributed by atoms with van der Waals surface area (Å²) in [6, 6.07) is 8.26. The van der Waals surface area contributed by atoms with Gasteiger partial charge in [0.05, 0.1) is 24.2 Å². The summed E-state index contributed by atoms with van der Waals surface area (Å²) in [6.45, 7) is 8.12. The molecule has 0 unspecified atom stereocenters. The molecule has 0 atom stereocenters. The Labute approximate surface area is 124 Å². The third-order valence-electron chi connectivity index (χ3n) is 3.75.